The molecule has 0 atom stereocenters. The third-order valence-corrected chi connectivity index (χ3v) is 10.4. The summed E-state index contributed by atoms with van der Waals surface area (Å²) in [6, 6.07) is 18.0. The average molecular weight is 379 g/mol. The summed E-state index contributed by atoms with van der Waals surface area (Å²) >= 11 is 6.65. The lowest BCUT2D eigenvalue weighted by Gasteiger charge is -2.29. The van der Waals surface area contributed by atoms with Crippen LogP contribution in [0, 0.1) is 41.5 Å². The SMILES string of the molecule is Cc1ccc(C)c(P(=S)(c2cc(C)ccc2C)c2cc(C)ccc2C)c1. The molecular formula is C24H27PS. The minimum absolute atomic E-state index is 1.27. The van der Waals surface area contributed by atoms with Crippen LogP contribution < -0.4 is 15.9 Å². The molecule has 0 saturated heterocycles. The van der Waals surface area contributed by atoms with Gasteiger partial charge in [0.1, 0.15) is 0 Å². The van der Waals surface area contributed by atoms with E-state index in [9.17, 15) is 0 Å². The van der Waals surface area contributed by atoms with E-state index in [0.717, 1.165) is 0 Å². The summed E-state index contributed by atoms with van der Waals surface area (Å²) < 4.78 is 0. The van der Waals surface area contributed by atoms with Gasteiger partial charge in [0, 0.05) is 6.04 Å². The third-order valence-electron chi connectivity index (χ3n) is 5.11. The first-order valence-corrected chi connectivity index (χ1v) is 11.9. The molecule has 0 heterocycles. The van der Waals surface area contributed by atoms with Crippen LogP contribution >= 0.6 is 6.04 Å². The number of benzene rings is 3. The summed E-state index contributed by atoms with van der Waals surface area (Å²) in [6.45, 7) is 13.1. The molecule has 0 nitrogen and oxygen atoms in total. The Balaban J connectivity index is 2.47. The van der Waals surface area contributed by atoms with Gasteiger partial charge < -0.3 is 0 Å². The van der Waals surface area contributed by atoms with E-state index in [1.807, 2.05) is 0 Å². The average Bonchev–Trinajstić information content (AvgIpc) is 2.60. The highest BCUT2D eigenvalue weighted by atomic mass is 32.4. The van der Waals surface area contributed by atoms with E-state index in [2.05, 4.69) is 96.1 Å². The molecule has 0 aliphatic rings. The molecule has 0 N–H and O–H groups in total. The third kappa shape index (κ3) is 3.31. The van der Waals surface area contributed by atoms with Gasteiger partial charge in [-0.05, 0) is 92.3 Å². The van der Waals surface area contributed by atoms with Crippen LogP contribution in [0.5, 0.6) is 0 Å². The Kier molecular flexibility index (Phi) is 5.24. The maximum atomic E-state index is 6.65. The van der Waals surface area contributed by atoms with Gasteiger partial charge in [-0.1, -0.05) is 64.9 Å². The zero-order valence-corrected chi connectivity index (χ0v) is 18.3. The van der Waals surface area contributed by atoms with Crippen LogP contribution in [0.4, 0.5) is 0 Å². The Labute approximate surface area is 163 Å². The predicted molar refractivity (Wildman–Crippen MR) is 121 cm³/mol. The standard InChI is InChI=1S/C24H27PS/c1-16-7-10-19(4)22(13-16)25(26,23-14-17(2)8-11-20(23)5)24-15-18(3)9-12-21(24)6/h7-15H,1-6H3. The van der Waals surface area contributed by atoms with E-state index in [4.69, 9.17) is 11.8 Å². The minimum Gasteiger partial charge on any atom is -0.0826 e. The minimum atomic E-state index is -2.14. The molecule has 0 aliphatic heterocycles. The maximum absolute atomic E-state index is 6.65. The van der Waals surface area contributed by atoms with Crippen LogP contribution in [-0.4, -0.2) is 0 Å². The molecular weight excluding hydrogens is 351 g/mol. The number of hydrogen-bond acceptors (Lipinski definition) is 1. The Morgan fingerprint density at radius 3 is 1.04 bits per heavy atom. The molecule has 0 aliphatic carbocycles. The molecule has 0 saturated carbocycles. The fraction of sp³-hybridized carbons (Fsp3) is 0.250. The lowest BCUT2D eigenvalue weighted by atomic mass is 10.2. The van der Waals surface area contributed by atoms with Gasteiger partial charge in [0.25, 0.3) is 0 Å². The lowest BCUT2D eigenvalue weighted by Crippen LogP contribution is -2.30. The summed E-state index contributed by atoms with van der Waals surface area (Å²) in [7, 11) is 0. The molecule has 3 aromatic rings. The smallest absolute Gasteiger partial charge is 0.0387 e. The van der Waals surface area contributed by atoms with Gasteiger partial charge in [0.2, 0.25) is 0 Å². The van der Waals surface area contributed by atoms with E-state index in [1.165, 1.54) is 49.3 Å². The zero-order valence-electron chi connectivity index (χ0n) is 16.6. The van der Waals surface area contributed by atoms with Gasteiger partial charge in [-0.25, -0.2) is 0 Å². The van der Waals surface area contributed by atoms with E-state index >= 15 is 0 Å². The van der Waals surface area contributed by atoms with E-state index in [-0.39, 0.29) is 0 Å². The van der Waals surface area contributed by atoms with Crippen molar-refractivity contribution in [1.29, 1.82) is 0 Å². The first-order valence-electron chi connectivity index (χ1n) is 9.07. The molecule has 0 radical (unpaired) electrons. The van der Waals surface area contributed by atoms with Crippen LogP contribution in [0.3, 0.4) is 0 Å². The van der Waals surface area contributed by atoms with Crippen molar-refractivity contribution < 1.29 is 0 Å². The fourth-order valence-corrected chi connectivity index (χ4v) is 8.98. The van der Waals surface area contributed by atoms with Crippen molar-refractivity contribution >= 4 is 33.8 Å². The molecule has 2 heteroatoms. The Hall–Kier alpha value is -1.69. The van der Waals surface area contributed by atoms with Gasteiger partial charge in [0.05, 0.1) is 0 Å². The molecule has 0 aromatic heterocycles. The van der Waals surface area contributed by atoms with Crippen LogP contribution in [-0.2, 0) is 11.8 Å². The van der Waals surface area contributed by atoms with Crippen LogP contribution in [0.1, 0.15) is 33.4 Å². The Bertz CT molecular complexity index is 898. The second kappa shape index (κ2) is 7.14. The Morgan fingerprint density at radius 2 is 0.769 bits per heavy atom. The molecule has 0 unspecified atom stereocenters. The highest BCUT2D eigenvalue weighted by Crippen LogP contribution is 2.46. The van der Waals surface area contributed by atoms with Gasteiger partial charge >= 0.3 is 0 Å². The van der Waals surface area contributed by atoms with Crippen molar-refractivity contribution in [3.63, 3.8) is 0 Å². The van der Waals surface area contributed by atoms with Crippen LogP contribution in [0.2, 0.25) is 0 Å². The van der Waals surface area contributed by atoms with Crippen molar-refractivity contribution in [2.45, 2.75) is 41.5 Å². The molecule has 0 bridgehead atoms. The van der Waals surface area contributed by atoms with Crippen molar-refractivity contribution in [2.75, 3.05) is 0 Å². The Morgan fingerprint density at radius 1 is 0.500 bits per heavy atom. The molecule has 0 fully saturated rings. The first kappa shape index (κ1) is 19.1. The topological polar surface area (TPSA) is 0 Å². The maximum Gasteiger partial charge on any atom is 0.0387 e. The van der Waals surface area contributed by atoms with Crippen LogP contribution in [0.15, 0.2) is 54.6 Å². The first-order chi connectivity index (χ1) is 12.2. The van der Waals surface area contributed by atoms with E-state index < -0.39 is 6.04 Å². The molecule has 26 heavy (non-hydrogen) atoms. The van der Waals surface area contributed by atoms with E-state index in [0.29, 0.717) is 0 Å². The summed E-state index contributed by atoms with van der Waals surface area (Å²) in [5.41, 5.74) is 7.70. The summed E-state index contributed by atoms with van der Waals surface area (Å²) in [6.07, 6.45) is 0. The highest BCUT2D eigenvalue weighted by Gasteiger charge is 2.29. The quantitative estimate of drug-likeness (QED) is 0.558. The summed E-state index contributed by atoms with van der Waals surface area (Å²) in [4.78, 5) is 0. The predicted octanol–water partition coefficient (Wildman–Crippen LogP) is 5.29. The van der Waals surface area contributed by atoms with Crippen molar-refractivity contribution in [1.82, 2.24) is 0 Å². The second-order valence-corrected chi connectivity index (χ2v) is 11.8. The lowest BCUT2D eigenvalue weighted by molar-refractivity contribution is 1.41. The largest absolute Gasteiger partial charge is 0.0826 e. The molecule has 0 spiro atoms. The molecule has 3 rings (SSSR count). The van der Waals surface area contributed by atoms with Gasteiger partial charge in [-0.15, -0.1) is 0 Å². The molecule has 3 aromatic carbocycles. The summed E-state index contributed by atoms with van der Waals surface area (Å²) in [5, 5.41) is 3.99. The number of aryl methyl sites for hydroxylation is 6. The van der Waals surface area contributed by atoms with Crippen molar-refractivity contribution in [2.24, 2.45) is 0 Å². The number of rotatable bonds is 3. The van der Waals surface area contributed by atoms with Gasteiger partial charge in [-0.2, -0.15) is 0 Å². The fourth-order valence-electron chi connectivity index (χ4n) is 3.57. The highest BCUT2D eigenvalue weighted by molar-refractivity contribution is 8.25. The normalized spacial score (nSPS) is 11.6. The van der Waals surface area contributed by atoms with Crippen molar-refractivity contribution in [3.05, 3.63) is 88.0 Å². The summed E-state index contributed by atoms with van der Waals surface area (Å²) in [5.74, 6) is 0. The zero-order chi connectivity index (χ0) is 19.1. The molecule has 0 amide bonds. The van der Waals surface area contributed by atoms with Crippen molar-refractivity contribution in [3.8, 4) is 0 Å². The number of hydrogen-bond donors (Lipinski definition) is 0. The monoisotopic (exact) mass is 378 g/mol. The second-order valence-electron chi connectivity index (χ2n) is 7.48. The van der Waals surface area contributed by atoms with Crippen LogP contribution in [0.25, 0.3) is 0 Å². The van der Waals surface area contributed by atoms with Gasteiger partial charge in [-0.3, -0.25) is 0 Å². The molecule has 134 valence electrons. The van der Waals surface area contributed by atoms with Gasteiger partial charge in [0.15, 0.2) is 0 Å². The van der Waals surface area contributed by atoms with E-state index in [1.54, 1.807) is 0 Å².